The number of benzene rings is 3. The van der Waals surface area contributed by atoms with Crippen LogP contribution in [0.1, 0.15) is 34.5 Å². The molecule has 0 bridgehead atoms. The Kier molecular flexibility index (Phi) is 5.76. The van der Waals surface area contributed by atoms with E-state index in [4.69, 9.17) is 4.74 Å². The van der Waals surface area contributed by atoms with E-state index in [2.05, 4.69) is 5.32 Å². The molecule has 2 fully saturated rings. The summed E-state index contributed by atoms with van der Waals surface area (Å²) in [5, 5.41) is 3.16. The zero-order valence-corrected chi connectivity index (χ0v) is 19.6. The molecule has 182 valence electrons. The number of carbonyl (C=O) groups is 4. The zero-order chi connectivity index (χ0) is 25.6. The second-order valence-corrected chi connectivity index (χ2v) is 8.93. The van der Waals surface area contributed by atoms with Crippen LogP contribution >= 0.6 is 0 Å². The van der Waals surface area contributed by atoms with Gasteiger partial charge in [0.15, 0.2) is 11.3 Å². The number of fused-ring (bicyclic) bond motifs is 1. The number of imide groups is 1. The first kappa shape index (κ1) is 23.6. The normalized spacial score (nSPS) is 25.1. The Morgan fingerprint density at radius 2 is 1.64 bits per heavy atom. The molecule has 0 saturated carbocycles. The van der Waals surface area contributed by atoms with E-state index in [1.165, 1.54) is 38.3 Å². The molecule has 2 saturated heterocycles. The molecule has 8 heteroatoms. The molecule has 0 radical (unpaired) electrons. The van der Waals surface area contributed by atoms with E-state index in [1.54, 1.807) is 54.6 Å². The Bertz CT molecular complexity index is 1390. The van der Waals surface area contributed by atoms with Gasteiger partial charge in [0, 0.05) is 17.2 Å². The Morgan fingerprint density at radius 1 is 0.944 bits per heavy atom. The molecule has 1 N–H and O–H groups in total. The first-order valence-corrected chi connectivity index (χ1v) is 11.5. The van der Waals surface area contributed by atoms with Crippen LogP contribution in [0.25, 0.3) is 0 Å². The number of amides is 2. The van der Waals surface area contributed by atoms with E-state index >= 15 is 4.39 Å². The fraction of sp³-hybridized carbons (Fsp3) is 0.214. The molecule has 7 nitrogen and oxygen atoms in total. The van der Waals surface area contributed by atoms with E-state index in [0.29, 0.717) is 11.1 Å². The Morgan fingerprint density at radius 3 is 2.31 bits per heavy atom. The largest absolute Gasteiger partial charge is 0.467 e. The lowest BCUT2D eigenvalue weighted by atomic mass is 9.75. The van der Waals surface area contributed by atoms with Gasteiger partial charge in [0.25, 0.3) is 0 Å². The van der Waals surface area contributed by atoms with Crippen LogP contribution in [0.15, 0.2) is 78.9 Å². The quantitative estimate of drug-likeness (QED) is 0.337. The van der Waals surface area contributed by atoms with Gasteiger partial charge in [-0.2, -0.15) is 0 Å². The van der Waals surface area contributed by atoms with Crippen LogP contribution in [-0.2, 0) is 24.7 Å². The second-order valence-electron chi connectivity index (χ2n) is 8.93. The third-order valence-electron chi connectivity index (χ3n) is 7.05. The average molecular weight is 486 g/mol. The third kappa shape index (κ3) is 3.37. The van der Waals surface area contributed by atoms with Gasteiger partial charge in [-0.05, 0) is 30.7 Å². The minimum Gasteiger partial charge on any atom is -0.467 e. The summed E-state index contributed by atoms with van der Waals surface area (Å²) in [4.78, 5) is 54.4. The highest BCUT2D eigenvalue weighted by atomic mass is 19.1. The summed E-state index contributed by atoms with van der Waals surface area (Å²) < 4.78 is 20.2. The minimum atomic E-state index is -1.74. The van der Waals surface area contributed by atoms with Crippen LogP contribution in [0.2, 0.25) is 0 Å². The van der Waals surface area contributed by atoms with Gasteiger partial charge in [-0.25, -0.2) is 14.1 Å². The van der Waals surface area contributed by atoms with Crippen LogP contribution in [0, 0.1) is 17.7 Å². The summed E-state index contributed by atoms with van der Waals surface area (Å²) in [5.41, 5.74) is -0.615. The van der Waals surface area contributed by atoms with E-state index < -0.39 is 47.0 Å². The fourth-order valence-electron chi connectivity index (χ4n) is 5.45. The maximum atomic E-state index is 15.0. The van der Waals surface area contributed by atoms with Crippen molar-refractivity contribution in [2.45, 2.75) is 18.5 Å². The van der Waals surface area contributed by atoms with E-state index in [1.807, 2.05) is 0 Å². The standard InChI is InChI=1S/C28H23FN2O5/c1-16(32)17-9-8-12-19(15-17)31-25(33)22-23(26(31)34)28(27(35)36-2,18-10-4-3-5-11-18)30-24(22)20-13-6-7-14-21(20)29/h3-15,22-24,30H,1-2H3/t22-,23-,24-,28-/m1/s1. The van der Waals surface area contributed by atoms with Gasteiger partial charge in [0.1, 0.15) is 5.82 Å². The Hall–Kier alpha value is -4.17. The summed E-state index contributed by atoms with van der Waals surface area (Å²) in [5.74, 6) is -5.10. The van der Waals surface area contributed by atoms with Crippen LogP contribution in [0.4, 0.5) is 10.1 Å². The van der Waals surface area contributed by atoms with E-state index in [0.717, 1.165) is 4.90 Å². The molecule has 2 aliphatic heterocycles. The maximum Gasteiger partial charge on any atom is 0.331 e. The Labute approximate surface area is 206 Å². The highest BCUT2D eigenvalue weighted by Crippen LogP contribution is 2.54. The smallest absolute Gasteiger partial charge is 0.331 e. The topological polar surface area (TPSA) is 92.8 Å². The maximum absolute atomic E-state index is 15.0. The molecule has 2 heterocycles. The summed E-state index contributed by atoms with van der Waals surface area (Å²) in [6.45, 7) is 1.39. The van der Waals surface area contributed by atoms with Crippen molar-refractivity contribution in [3.05, 3.63) is 101 Å². The molecular weight excluding hydrogens is 463 g/mol. The van der Waals surface area contributed by atoms with E-state index in [-0.39, 0.29) is 17.0 Å². The van der Waals surface area contributed by atoms with Crippen molar-refractivity contribution >= 4 is 29.3 Å². The second kappa shape index (κ2) is 8.80. The van der Waals surface area contributed by atoms with Gasteiger partial charge in [0.05, 0.1) is 24.6 Å². The van der Waals surface area contributed by atoms with Crippen molar-refractivity contribution < 1.29 is 28.3 Å². The average Bonchev–Trinajstić information content (AvgIpc) is 3.38. The number of ketones is 1. The molecule has 0 aromatic heterocycles. The fourth-order valence-corrected chi connectivity index (χ4v) is 5.45. The van der Waals surface area contributed by atoms with Crippen LogP contribution in [0.3, 0.4) is 0 Å². The highest BCUT2D eigenvalue weighted by molar-refractivity contribution is 6.24. The number of anilines is 1. The van der Waals surface area contributed by atoms with Gasteiger partial charge >= 0.3 is 5.97 Å². The first-order valence-electron chi connectivity index (χ1n) is 11.5. The number of hydrogen-bond acceptors (Lipinski definition) is 6. The van der Waals surface area contributed by atoms with Crippen LogP contribution < -0.4 is 10.2 Å². The van der Waals surface area contributed by atoms with Gasteiger partial charge in [-0.1, -0.05) is 60.7 Å². The third-order valence-corrected chi connectivity index (χ3v) is 7.05. The molecule has 0 spiro atoms. The van der Waals surface area contributed by atoms with Crippen molar-refractivity contribution in [1.82, 2.24) is 5.32 Å². The first-order chi connectivity index (χ1) is 17.3. The highest BCUT2D eigenvalue weighted by Gasteiger charge is 2.70. The number of ether oxygens (including phenoxy) is 1. The molecular formula is C28H23FN2O5. The number of methoxy groups -OCH3 is 1. The van der Waals surface area contributed by atoms with Gasteiger partial charge < -0.3 is 4.74 Å². The molecule has 0 aliphatic carbocycles. The summed E-state index contributed by atoms with van der Waals surface area (Å²) >= 11 is 0. The monoisotopic (exact) mass is 486 g/mol. The molecule has 3 aromatic carbocycles. The molecule has 36 heavy (non-hydrogen) atoms. The SMILES string of the molecule is COC(=O)[C@]1(c2ccccc2)N[C@H](c2ccccc2F)[C@@H]2C(=O)N(c3cccc(C(C)=O)c3)C(=O)[C@@H]21. The number of nitrogens with one attached hydrogen (secondary N) is 1. The number of nitrogens with zero attached hydrogens (tertiary/aromatic N) is 1. The number of carbonyl (C=O) groups excluding carboxylic acids is 4. The zero-order valence-electron chi connectivity index (χ0n) is 19.6. The van der Waals surface area contributed by atoms with Crippen molar-refractivity contribution in [2.75, 3.05) is 12.0 Å². The summed E-state index contributed by atoms with van der Waals surface area (Å²) in [7, 11) is 1.20. The molecule has 4 atom stereocenters. The molecule has 5 rings (SSSR count). The lowest BCUT2D eigenvalue weighted by molar-refractivity contribution is -0.152. The molecule has 2 aliphatic rings. The van der Waals surface area contributed by atoms with E-state index in [9.17, 15) is 19.2 Å². The number of Topliss-reactive ketones (excluding diaryl/α,β-unsaturated/α-hetero) is 1. The molecule has 0 unspecified atom stereocenters. The predicted octanol–water partition coefficient (Wildman–Crippen LogP) is 3.55. The van der Waals surface area contributed by atoms with Gasteiger partial charge in [-0.3, -0.25) is 19.7 Å². The number of hydrogen-bond donors (Lipinski definition) is 1. The van der Waals surface area contributed by atoms with Crippen molar-refractivity contribution in [1.29, 1.82) is 0 Å². The lowest BCUT2D eigenvalue weighted by Crippen LogP contribution is -2.53. The van der Waals surface area contributed by atoms with Crippen LogP contribution in [-0.4, -0.2) is 30.7 Å². The van der Waals surface area contributed by atoms with Crippen molar-refractivity contribution in [2.24, 2.45) is 11.8 Å². The van der Waals surface area contributed by atoms with Crippen molar-refractivity contribution in [3.63, 3.8) is 0 Å². The number of esters is 1. The lowest BCUT2D eigenvalue weighted by Gasteiger charge is -2.33. The van der Waals surface area contributed by atoms with Crippen LogP contribution in [0.5, 0.6) is 0 Å². The summed E-state index contributed by atoms with van der Waals surface area (Å²) in [6.07, 6.45) is 0. The Balaban J connectivity index is 1.74. The minimum absolute atomic E-state index is 0.162. The number of halogens is 1. The molecule has 2 amide bonds. The summed E-state index contributed by atoms with van der Waals surface area (Å²) in [6, 6.07) is 19.7. The van der Waals surface area contributed by atoms with Crippen molar-refractivity contribution in [3.8, 4) is 0 Å². The van der Waals surface area contributed by atoms with Gasteiger partial charge in [0.2, 0.25) is 11.8 Å². The van der Waals surface area contributed by atoms with Gasteiger partial charge in [-0.15, -0.1) is 0 Å². The molecule has 3 aromatic rings. The predicted molar refractivity (Wildman–Crippen MR) is 128 cm³/mol. The number of rotatable bonds is 5.